The minimum absolute atomic E-state index is 0.183. The molecule has 0 aromatic rings. The number of nitrogens with two attached hydrogens (primary N) is 1. The molecule has 0 rings (SSSR count). The van der Waals surface area contributed by atoms with Crippen LogP contribution in [-0.2, 0) is 0 Å². The van der Waals surface area contributed by atoms with Crippen molar-refractivity contribution in [2.75, 3.05) is 20.1 Å². The summed E-state index contributed by atoms with van der Waals surface area (Å²) in [5, 5.41) is 0. The first-order valence-electron chi connectivity index (χ1n) is 4.87. The SMILES string of the molecule is CCN(C)C(C)(CN)CC(C)C. The molecule has 0 heterocycles. The Morgan fingerprint density at radius 1 is 1.42 bits per heavy atom. The molecule has 0 bridgehead atoms. The maximum absolute atomic E-state index is 5.79. The second-order valence-electron chi connectivity index (χ2n) is 4.31. The van der Waals surface area contributed by atoms with Gasteiger partial charge in [0.15, 0.2) is 0 Å². The Labute approximate surface area is 77.1 Å². The Morgan fingerprint density at radius 3 is 2.17 bits per heavy atom. The molecule has 0 aromatic carbocycles. The van der Waals surface area contributed by atoms with Crippen LogP contribution >= 0.6 is 0 Å². The van der Waals surface area contributed by atoms with Crippen LogP contribution in [0.2, 0.25) is 0 Å². The van der Waals surface area contributed by atoms with Crippen LogP contribution in [0.4, 0.5) is 0 Å². The van der Waals surface area contributed by atoms with E-state index in [0.29, 0.717) is 5.92 Å². The Kier molecular flexibility index (Phi) is 4.80. The third-order valence-corrected chi connectivity index (χ3v) is 2.68. The highest BCUT2D eigenvalue weighted by atomic mass is 15.2. The second-order valence-corrected chi connectivity index (χ2v) is 4.31. The average Bonchev–Trinajstić information content (AvgIpc) is 2.01. The standard InChI is InChI=1S/C10H24N2/c1-6-12(5)10(4,8-11)7-9(2)3/h9H,6-8,11H2,1-5H3. The van der Waals surface area contributed by atoms with Crippen LogP contribution in [0.1, 0.15) is 34.1 Å². The molecule has 74 valence electrons. The van der Waals surface area contributed by atoms with Crippen molar-refractivity contribution in [2.24, 2.45) is 11.7 Å². The van der Waals surface area contributed by atoms with Gasteiger partial charge < -0.3 is 5.73 Å². The molecule has 2 nitrogen and oxygen atoms in total. The van der Waals surface area contributed by atoms with E-state index in [4.69, 9.17) is 5.73 Å². The molecule has 0 saturated carbocycles. The van der Waals surface area contributed by atoms with Crippen molar-refractivity contribution in [3.8, 4) is 0 Å². The number of likely N-dealkylation sites (N-methyl/N-ethyl adjacent to an activating group) is 1. The second kappa shape index (κ2) is 4.83. The van der Waals surface area contributed by atoms with Gasteiger partial charge >= 0.3 is 0 Å². The van der Waals surface area contributed by atoms with Crippen LogP contribution < -0.4 is 5.73 Å². The third-order valence-electron chi connectivity index (χ3n) is 2.68. The molecule has 0 radical (unpaired) electrons. The molecule has 1 atom stereocenters. The van der Waals surface area contributed by atoms with Gasteiger partial charge in [-0.1, -0.05) is 20.8 Å². The van der Waals surface area contributed by atoms with Gasteiger partial charge in [-0.05, 0) is 32.9 Å². The number of hydrogen-bond donors (Lipinski definition) is 1. The molecule has 0 fully saturated rings. The molecule has 0 spiro atoms. The maximum Gasteiger partial charge on any atom is 0.0302 e. The van der Waals surface area contributed by atoms with E-state index in [1.165, 1.54) is 6.42 Å². The third kappa shape index (κ3) is 3.11. The molecule has 2 heteroatoms. The first-order valence-corrected chi connectivity index (χ1v) is 4.87. The summed E-state index contributed by atoms with van der Waals surface area (Å²) in [6.07, 6.45) is 1.17. The first-order chi connectivity index (χ1) is 5.46. The topological polar surface area (TPSA) is 29.3 Å². The van der Waals surface area contributed by atoms with Crippen molar-refractivity contribution >= 4 is 0 Å². The van der Waals surface area contributed by atoms with Crippen LogP contribution in [0.3, 0.4) is 0 Å². The Hall–Kier alpha value is -0.0800. The molecule has 0 aliphatic rings. The van der Waals surface area contributed by atoms with Gasteiger partial charge in [0, 0.05) is 12.1 Å². The Balaban J connectivity index is 4.22. The first kappa shape index (κ1) is 11.9. The van der Waals surface area contributed by atoms with Gasteiger partial charge in [0.25, 0.3) is 0 Å². The fraction of sp³-hybridized carbons (Fsp3) is 1.00. The molecule has 0 aromatic heterocycles. The number of nitrogens with zero attached hydrogens (tertiary/aromatic N) is 1. The predicted octanol–water partition coefficient (Wildman–Crippen LogP) is 1.70. The maximum atomic E-state index is 5.79. The number of rotatable bonds is 5. The minimum Gasteiger partial charge on any atom is -0.329 e. The summed E-state index contributed by atoms with van der Waals surface area (Å²) in [5.74, 6) is 0.715. The lowest BCUT2D eigenvalue weighted by molar-refractivity contribution is 0.126. The van der Waals surface area contributed by atoms with E-state index in [-0.39, 0.29) is 5.54 Å². The predicted molar refractivity (Wildman–Crippen MR) is 55.2 cm³/mol. The lowest BCUT2D eigenvalue weighted by atomic mass is 9.89. The van der Waals surface area contributed by atoms with E-state index < -0.39 is 0 Å². The fourth-order valence-corrected chi connectivity index (χ4v) is 1.66. The summed E-state index contributed by atoms with van der Waals surface area (Å²) in [5.41, 5.74) is 5.97. The summed E-state index contributed by atoms with van der Waals surface area (Å²) in [6.45, 7) is 10.7. The molecule has 12 heavy (non-hydrogen) atoms. The van der Waals surface area contributed by atoms with Crippen molar-refractivity contribution in [3.05, 3.63) is 0 Å². The van der Waals surface area contributed by atoms with Crippen LogP contribution in [0, 0.1) is 5.92 Å². The summed E-state index contributed by atoms with van der Waals surface area (Å²) >= 11 is 0. The van der Waals surface area contributed by atoms with Crippen molar-refractivity contribution < 1.29 is 0 Å². The molecule has 1 unspecified atom stereocenters. The zero-order chi connectivity index (χ0) is 9.78. The van der Waals surface area contributed by atoms with E-state index >= 15 is 0 Å². The Bertz CT molecular complexity index is 123. The highest BCUT2D eigenvalue weighted by Gasteiger charge is 2.27. The van der Waals surface area contributed by atoms with Crippen molar-refractivity contribution in [3.63, 3.8) is 0 Å². The van der Waals surface area contributed by atoms with E-state index in [1.54, 1.807) is 0 Å². The zero-order valence-corrected chi connectivity index (χ0v) is 9.22. The summed E-state index contributed by atoms with van der Waals surface area (Å²) < 4.78 is 0. The van der Waals surface area contributed by atoms with Crippen molar-refractivity contribution in [1.82, 2.24) is 4.90 Å². The molecule has 0 amide bonds. The minimum atomic E-state index is 0.183. The van der Waals surface area contributed by atoms with Gasteiger partial charge in [0.05, 0.1) is 0 Å². The van der Waals surface area contributed by atoms with Gasteiger partial charge in [-0.15, -0.1) is 0 Å². The number of hydrogen-bond acceptors (Lipinski definition) is 2. The summed E-state index contributed by atoms with van der Waals surface area (Å²) in [4.78, 5) is 2.34. The van der Waals surface area contributed by atoms with Gasteiger partial charge in [-0.3, -0.25) is 4.90 Å². The van der Waals surface area contributed by atoms with Crippen molar-refractivity contribution in [2.45, 2.75) is 39.7 Å². The smallest absolute Gasteiger partial charge is 0.0302 e. The molecule has 2 N–H and O–H groups in total. The van der Waals surface area contributed by atoms with Crippen LogP contribution in [0.5, 0.6) is 0 Å². The van der Waals surface area contributed by atoms with E-state index in [2.05, 4.69) is 39.6 Å². The fourth-order valence-electron chi connectivity index (χ4n) is 1.66. The quantitative estimate of drug-likeness (QED) is 0.684. The monoisotopic (exact) mass is 172 g/mol. The van der Waals surface area contributed by atoms with Gasteiger partial charge in [-0.2, -0.15) is 0 Å². The van der Waals surface area contributed by atoms with Crippen LogP contribution in [-0.4, -0.2) is 30.6 Å². The van der Waals surface area contributed by atoms with E-state index in [9.17, 15) is 0 Å². The average molecular weight is 172 g/mol. The zero-order valence-electron chi connectivity index (χ0n) is 9.22. The Morgan fingerprint density at radius 2 is 1.92 bits per heavy atom. The highest BCUT2D eigenvalue weighted by Crippen LogP contribution is 2.21. The van der Waals surface area contributed by atoms with Crippen LogP contribution in [0.25, 0.3) is 0 Å². The van der Waals surface area contributed by atoms with Crippen LogP contribution in [0.15, 0.2) is 0 Å². The summed E-state index contributed by atoms with van der Waals surface area (Å²) in [7, 11) is 2.15. The molecular formula is C10H24N2. The normalized spacial score (nSPS) is 17.0. The molecule has 0 saturated heterocycles. The largest absolute Gasteiger partial charge is 0.329 e. The lowest BCUT2D eigenvalue weighted by Gasteiger charge is -2.38. The van der Waals surface area contributed by atoms with Gasteiger partial charge in [0.2, 0.25) is 0 Å². The van der Waals surface area contributed by atoms with Gasteiger partial charge in [-0.25, -0.2) is 0 Å². The lowest BCUT2D eigenvalue weighted by Crippen LogP contribution is -2.50. The molecule has 0 aliphatic heterocycles. The summed E-state index contributed by atoms with van der Waals surface area (Å²) in [6, 6.07) is 0. The van der Waals surface area contributed by atoms with Crippen molar-refractivity contribution in [1.29, 1.82) is 0 Å². The molecule has 0 aliphatic carbocycles. The van der Waals surface area contributed by atoms with E-state index in [0.717, 1.165) is 13.1 Å². The van der Waals surface area contributed by atoms with E-state index in [1.807, 2.05) is 0 Å². The highest BCUT2D eigenvalue weighted by molar-refractivity contribution is 4.85. The molecular weight excluding hydrogens is 148 g/mol. The van der Waals surface area contributed by atoms with Gasteiger partial charge in [0.1, 0.15) is 0 Å².